The van der Waals surface area contributed by atoms with E-state index in [4.69, 9.17) is 0 Å². The van der Waals surface area contributed by atoms with Crippen LogP contribution in [0.5, 0.6) is 0 Å². The molecular formula is C4H10NO4S2-. The van der Waals surface area contributed by atoms with Crippen LogP contribution in [0.25, 0.3) is 0 Å². The Labute approximate surface area is 68.3 Å². The maximum Gasteiger partial charge on any atom is 0.209 e. The van der Waals surface area contributed by atoms with Gasteiger partial charge in [-0.3, -0.25) is 4.21 Å². The van der Waals surface area contributed by atoms with Crippen LogP contribution in [0.1, 0.15) is 12.8 Å². The molecule has 1 atom stereocenters. The minimum absolute atomic E-state index is 0.00444. The molecule has 0 fully saturated rings. The molecule has 0 amide bonds. The van der Waals surface area contributed by atoms with Crippen LogP contribution in [-0.2, 0) is 21.1 Å². The van der Waals surface area contributed by atoms with Crippen molar-refractivity contribution in [2.75, 3.05) is 11.5 Å². The highest BCUT2D eigenvalue weighted by Gasteiger charge is 2.00. The second-order valence-electron chi connectivity index (χ2n) is 2.08. The third-order valence-electron chi connectivity index (χ3n) is 0.990. The minimum Gasteiger partial charge on any atom is -0.772 e. The first-order valence-electron chi connectivity index (χ1n) is 2.98. The first-order chi connectivity index (χ1) is 4.92. The van der Waals surface area contributed by atoms with Gasteiger partial charge in [0, 0.05) is 5.75 Å². The van der Waals surface area contributed by atoms with E-state index >= 15 is 0 Å². The Hall–Kier alpha value is 0.0200. The van der Waals surface area contributed by atoms with Crippen molar-refractivity contribution in [3.8, 4) is 0 Å². The third kappa shape index (κ3) is 10.0. The van der Waals surface area contributed by atoms with E-state index in [9.17, 15) is 17.2 Å². The van der Waals surface area contributed by atoms with Crippen LogP contribution in [0.2, 0.25) is 0 Å². The maximum absolute atomic E-state index is 10.3. The lowest BCUT2D eigenvalue weighted by molar-refractivity contribution is 0.534. The van der Waals surface area contributed by atoms with E-state index in [1.807, 2.05) is 0 Å². The van der Waals surface area contributed by atoms with Gasteiger partial charge in [-0.05, 0) is 12.8 Å². The molecule has 1 unspecified atom stereocenters. The summed E-state index contributed by atoms with van der Waals surface area (Å²) in [7, 11) is -3.42. The third-order valence-corrected chi connectivity index (χ3v) is 2.47. The number of nitrogens with two attached hydrogens (primary N) is 1. The van der Waals surface area contributed by atoms with Crippen LogP contribution in [0.4, 0.5) is 0 Å². The van der Waals surface area contributed by atoms with Gasteiger partial charge >= 0.3 is 0 Å². The maximum atomic E-state index is 10.3. The Kier molecular flexibility index (Phi) is 4.82. The molecule has 11 heavy (non-hydrogen) atoms. The summed E-state index contributed by atoms with van der Waals surface area (Å²) in [6.07, 6.45) is 0.638. The molecule has 0 heterocycles. The van der Waals surface area contributed by atoms with Gasteiger partial charge in [0.25, 0.3) is 0 Å². The summed E-state index contributed by atoms with van der Waals surface area (Å²) < 4.78 is 40.5. The van der Waals surface area contributed by atoms with Gasteiger partial charge in [-0.1, -0.05) is 11.1 Å². The quantitative estimate of drug-likeness (QED) is 0.451. The molecule has 68 valence electrons. The molecule has 0 aromatic carbocycles. The summed E-state index contributed by atoms with van der Waals surface area (Å²) in [5, 5.41) is 4.67. The molecule has 0 bridgehead atoms. The second kappa shape index (κ2) is 4.81. The highest BCUT2D eigenvalue weighted by molar-refractivity contribution is 7.89. The highest BCUT2D eigenvalue weighted by atomic mass is 32.2. The van der Waals surface area contributed by atoms with Crippen molar-refractivity contribution < 1.29 is 17.2 Å². The summed E-state index contributed by atoms with van der Waals surface area (Å²) in [5.41, 5.74) is 0. The summed E-state index contributed by atoms with van der Waals surface area (Å²) >= 11 is -2.08. The zero-order valence-corrected chi connectivity index (χ0v) is 7.49. The van der Waals surface area contributed by atoms with E-state index in [-0.39, 0.29) is 11.5 Å². The monoisotopic (exact) mass is 200 g/mol. The predicted molar refractivity (Wildman–Crippen MR) is 41.0 cm³/mol. The topological polar surface area (TPSA) is 100 Å². The lowest BCUT2D eigenvalue weighted by Gasteiger charge is -2.02. The largest absolute Gasteiger partial charge is 0.772 e. The van der Waals surface area contributed by atoms with Gasteiger partial charge in [0.2, 0.25) is 10.0 Å². The normalized spacial score (nSPS) is 14.7. The smallest absolute Gasteiger partial charge is 0.209 e. The molecule has 0 aliphatic rings. The number of hydrogen-bond acceptors (Lipinski definition) is 4. The standard InChI is InChI=1S/C4H11NO4S2/c5-11(8,9)4-2-1-3-10(6)7/h1-4H2,(H,6,7)(H2,5,8,9)/p-1. The summed E-state index contributed by atoms with van der Waals surface area (Å²) in [6, 6.07) is 0. The Balaban J connectivity index is 3.37. The van der Waals surface area contributed by atoms with Crippen molar-refractivity contribution in [1.29, 1.82) is 0 Å². The van der Waals surface area contributed by atoms with Crippen LogP contribution >= 0.6 is 0 Å². The van der Waals surface area contributed by atoms with Gasteiger partial charge in [0.1, 0.15) is 0 Å². The van der Waals surface area contributed by atoms with E-state index < -0.39 is 21.1 Å². The number of hydrogen-bond donors (Lipinski definition) is 1. The lowest BCUT2D eigenvalue weighted by atomic mass is 10.4. The van der Waals surface area contributed by atoms with Gasteiger partial charge < -0.3 is 4.55 Å². The summed E-state index contributed by atoms with van der Waals surface area (Å²) in [5.74, 6) is -0.153. The van der Waals surface area contributed by atoms with E-state index in [0.717, 1.165) is 0 Å². The van der Waals surface area contributed by atoms with Crippen molar-refractivity contribution >= 4 is 21.1 Å². The number of rotatable bonds is 5. The predicted octanol–water partition coefficient (Wildman–Crippen LogP) is -1.07. The minimum atomic E-state index is -3.42. The van der Waals surface area contributed by atoms with Gasteiger partial charge in [-0.2, -0.15) is 0 Å². The van der Waals surface area contributed by atoms with Crippen molar-refractivity contribution in [3.63, 3.8) is 0 Å². The van der Waals surface area contributed by atoms with Crippen LogP contribution in [0.15, 0.2) is 0 Å². The zero-order chi connectivity index (χ0) is 8.91. The summed E-state index contributed by atoms with van der Waals surface area (Å²) in [4.78, 5) is 0. The Bertz CT molecular complexity index is 222. The van der Waals surface area contributed by atoms with Crippen molar-refractivity contribution in [2.24, 2.45) is 5.14 Å². The molecule has 0 spiro atoms. The molecule has 0 rings (SSSR count). The van der Waals surface area contributed by atoms with E-state index in [2.05, 4.69) is 5.14 Å². The average Bonchev–Trinajstić information content (AvgIpc) is 1.78. The second-order valence-corrected chi connectivity index (χ2v) is 4.83. The lowest BCUT2D eigenvalue weighted by Crippen LogP contribution is -2.16. The van der Waals surface area contributed by atoms with Crippen LogP contribution in [0, 0.1) is 0 Å². The molecule has 5 nitrogen and oxygen atoms in total. The summed E-state index contributed by atoms with van der Waals surface area (Å²) in [6.45, 7) is 0. The SMILES string of the molecule is NS(=O)(=O)CCCCS(=O)[O-]. The molecule has 0 aliphatic carbocycles. The van der Waals surface area contributed by atoms with Crippen molar-refractivity contribution in [3.05, 3.63) is 0 Å². The number of unbranched alkanes of at least 4 members (excludes halogenated alkanes) is 1. The van der Waals surface area contributed by atoms with E-state index in [0.29, 0.717) is 12.8 Å². The van der Waals surface area contributed by atoms with E-state index in [1.54, 1.807) is 0 Å². The molecule has 0 aromatic rings. The van der Waals surface area contributed by atoms with Gasteiger partial charge in [-0.25, -0.2) is 13.6 Å². The highest BCUT2D eigenvalue weighted by Crippen LogP contribution is 1.93. The van der Waals surface area contributed by atoms with Crippen molar-refractivity contribution in [1.82, 2.24) is 0 Å². The van der Waals surface area contributed by atoms with Crippen LogP contribution in [0.3, 0.4) is 0 Å². The van der Waals surface area contributed by atoms with Gasteiger partial charge in [-0.15, -0.1) is 0 Å². The van der Waals surface area contributed by atoms with Gasteiger partial charge in [0.15, 0.2) is 0 Å². The molecule has 2 N–H and O–H groups in total. The molecule has 0 radical (unpaired) electrons. The Morgan fingerprint density at radius 2 is 1.91 bits per heavy atom. The molecule has 0 saturated carbocycles. The van der Waals surface area contributed by atoms with Crippen LogP contribution < -0.4 is 5.14 Å². The fourth-order valence-electron chi connectivity index (χ4n) is 0.523. The number of primary sulfonamides is 1. The fourth-order valence-corrected chi connectivity index (χ4v) is 1.57. The molecule has 0 aliphatic heterocycles. The average molecular weight is 200 g/mol. The number of sulfonamides is 1. The molecular weight excluding hydrogens is 190 g/mol. The van der Waals surface area contributed by atoms with E-state index in [1.165, 1.54) is 0 Å². The first kappa shape index (κ1) is 11.0. The fraction of sp³-hybridized carbons (Fsp3) is 1.00. The molecule has 0 saturated heterocycles. The molecule has 0 aromatic heterocycles. The first-order valence-corrected chi connectivity index (χ1v) is 5.94. The Morgan fingerprint density at radius 1 is 1.36 bits per heavy atom. The zero-order valence-electron chi connectivity index (χ0n) is 5.86. The Morgan fingerprint density at radius 3 is 2.27 bits per heavy atom. The van der Waals surface area contributed by atoms with Gasteiger partial charge in [0.05, 0.1) is 5.75 Å². The van der Waals surface area contributed by atoms with Crippen LogP contribution in [-0.4, -0.2) is 28.7 Å². The van der Waals surface area contributed by atoms with Crippen molar-refractivity contribution in [2.45, 2.75) is 12.8 Å². The molecule has 7 heteroatoms.